The van der Waals surface area contributed by atoms with Gasteiger partial charge < -0.3 is 24.3 Å². The number of para-hydroxylation sites is 1. The molecule has 0 fully saturated rings. The Balaban J connectivity index is 1.43. The molecule has 152 valence electrons. The number of ether oxygens (including phenoxy) is 4. The van der Waals surface area contributed by atoms with Crippen molar-refractivity contribution in [2.75, 3.05) is 25.3 Å². The molecule has 1 aliphatic heterocycles. The van der Waals surface area contributed by atoms with E-state index >= 15 is 0 Å². The van der Waals surface area contributed by atoms with Crippen LogP contribution in [0.5, 0.6) is 17.2 Å². The maximum atomic E-state index is 12.1. The highest BCUT2D eigenvalue weighted by molar-refractivity contribution is 6.05. The molecule has 2 aromatic carbocycles. The molecule has 0 saturated carbocycles. The van der Waals surface area contributed by atoms with E-state index in [1.54, 1.807) is 0 Å². The number of fused-ring (bicyclic) bond motifs is 1. The van der Waals surface area contributed by atoms with Crippen LogP contribution in [-0.4, -0.2) is 37.7 Å². The SMILES string of the molecule is CC(=O)c1cc2c(cc1NC(=O)COC(=O)CCCOc1ccccc1)OCO2. The number of hydrogen-bond donors (Lipinski definition) is 1. The van der Waals surface area contributed by atoms with Crippen molar-refractivity contribution in [1.29, 1.82) is 0 Å². The van der Waals surface area contributed by atoms with Gasteiger partial charge in [0, 0.05) is 18.1 Å². The Morgan fingerprint density at radius 2 is 1.79 bits per heavy atom. The smallest absolute Gasteiger partial charge is 0.306 e. The summed E-state index contributed by atoms with van der Waals surface area (Å²) in [6.07, 6.45) is 0.592. The zero-order valence-electron chi connectivity index (χ0n) is 15.9. The molecule has 8 nitrogen and oxygen atoms in total. The molecular weight excluding hydrogens is 378 g/mol. The Labute approximate surface area is 167 Å². The van der Waals surface area contributed by atoms with Crippen molar-refractivity contribution in [2.24, 2.45) is 0 Å². The molecule has 0 aromatic heterocycles. The Hall–Kier alpha value is -3.55. The van der Waals surface area contributed by atoms with Crippen LogP contribution >= 0.6 is 0 Å². The van der Waals surface area contributed by atoms with E-state index in [1.807, 2.05) is 30.3 Å². The highest BCUT2D eigenvalue weighted by Crippen LogP contribution is 2.37. The van der Waals surface area contributed by atoms with E-state index in [-0.39, 0.29) is 30.2 Å². The monoisotopic (exact) mass is 399 g/mol. The summed E-state index contributed by atoms with van der Waals surface area (Å²) < 4.78 is 21.0. The number of carbonyl (C=O) groups is 3. The second-order valence-electron chi connectivity index (χ2n) is 6.28. The minimum Gasteiger partial charge on any atom is -0.494 e. The molecular formula is C21H21NO7. The number of esters is 1. The molecule has 1 aliphatic rings. The Morgan fingerprint density at radius 3 is 2.52 bits per heavy atom. The molecule has 0 atom stereocenters. The Kier molecular flexibility index (Phi) is 6.67. The number of benzene rings is 2. The summed E-state index contributed by atoms with van der Waals surface area (Å²) >= 11 is 0. The molecule has 0 bridgehead atoms. The van der Waals surface area contributed by atoms with Gasteiger partial charge in [-0.2, -0.15) is 0 Å². The number of ketones is 1. The first-order valence-corrected chi connectivity index (χ1v) is 9.11. The van der Waals surface area contributed by atoms with E-state index in [0.29, 0.717) is 24.5 Å². The van der Waals surface area contributed by atoms with Gasteiger partial charge in [-0.15, -0.1) is 0 Å². The van der Waals surface area contributed by atoms with Crippen LogP contribution in [-0.2, 0) is 14.3 Å². The van der Waals surface area contributed by atoms with E-state index in [4.69, 9.17) is 18.9 Å². The van der Waals surface area contributed by atoms with E-state index in [0.717, 1.165) is 5.75 Å². The van der Waals surface area contributed by atoms with Gasteiger partial charge in [-0.1, -0.05) is 18.2 Å². The molecule has 1 amide bonds. The van der Waals surface area contributed by atoms with Crippen molar-refractivity contribution in [3.05, 3.63) is 48.0 Å². The molecule has 8 heteroatoms. The predicted molar refractivity (Wildman–Crippen MR) is 103 cm³/mol. The normalized spacial score (nSPS) is 11.6. The van der Waals surface area contributed by atoms with Crippen molar-refractivity contribution in [2.45, 2.75) is 19.8 Å². The first-order chi connectivity index (χ1) is 14.0. The second kappa shape index (κ2) is 9.59. The molecule has 29 heavy (non-hydrogen) atoms. The number of amides is 1. The van der Waals surface area contributed by atoms with Gasteiger partial charge in [-0.05, 0) is 31.5 Å². The van der Waals surface area contributed by atoms with Gasteiger partial charge in [-0.3, -0.25) is 14.4 Å². The lowest BCUT2D eigenvalue weighted by atomic mass is 10.1. The maximum absolute atomic E-state index is 12.1. The van der Waals surface area contributed by atoms with E-state index in [9.17, 15) is 14.4 Å². The number of carbonyl (C=O) groups excluding carboxylic acids is 3. The lowest BCUT2D eigenvalue weighted by Gasteiger charge is -2.11. The average molecular weight is 399 g/mol. The van der Waals surface area contributed by atoms with E-state index in [1.165, 1.54) is 19.1 Å². The van der Waals surface area contributed by atoms with Crippen LogP contribution in [0.1, 0.15) is 30.1 Å². The Bertz CT molecular complexity index is 895. The van der Waals surface area contributed by atoms with Crippen molar-refractivity contribution < 1.29 is 33.3 Å². The van der Waals surface area contributed by atoms with Crippen molar-refractivity contribution in [1.82, 2.24) is 0 Å². The van der Waals surface area contributed by atoms with Crippen LogP contribution in [0.15, 0.2) is 42.5 Å². The van der Waals surface area contributed by atoms with Gasteiger partial charge >= 0.3 is 5.97 Å². The summed E-state index contributed by atoms with van der Waals surface area (Å²) in [5, 5.41) is 2.57. The lowest BCUT2D eigenvalue weighted by Crippen LogP contribution is -2.22. The highest BCUT2D eigenvalue weighted by Gasteiger charge is 2.20. The van der Waals surface area contributed by atoms with Crippen molar-refractivity contribution in [3.8, 4) is 17.2 Å². The summed E-state index contributed by atoms with van der Waals surface area (Å²) in [6.45, 7) is 1.34. The molecule has 2 aromatic rings. The minimum absolute atomic E-state index is 0.0513. The zero-order valence-corrected chi connectivity index (χ0v) is 15.9. The molecule has 1 heterocycles. The number of nitrogens with one attached hydrogen (secondary N) is 1. The summed E-state index contributed by atoms with van der Waals surface area (Å²) in [6, 6.07) is 12.3. The molecule has 0 aliphatic carbocycles. The lowest BCUT2D eigenvalue weighted by molar-refractivity contribution is -0.147. The summed E-state index contributed by atoms with van der Waals surface area (Å²) in [5.74, 6) is 0.298. The fourth-order valence-electron chi connectivity index (χ4n) is 2.66. The molecule has 3 rings (SSSR count). The van der Waals surface area contributed by atoms with Crippen LogP contribution in [0.3, 0.4) is 0 Å². The second-order valence-corrected chi connectivity index (χ2v) is 6.28. The van der Waals surface area contributed by atoms with Crippen LogP contribution in [0.2, 0.25) is 0 Å². The minimum atomic E-state index is -0.555. The maximum Gasteiger partial charge on any atom is 0.306 e. The fraction of sp³-hybridized carbons (Fsp3) is 0.286. The molecule has 0 unspecified atom stereocenters. The summed E-state index contributed by atoms with van der Waals surface area (Å²) in [5.41, 5.74) is 0.561. The summed E-state index contributed by atoms with van der Waals surface area (Å²) in [7, 11) is 0. The van der Waals surface area contributed by atoms with Gasteiger partial charge in [0.1, 0.15) is 5.75 Å². The predicted octanol–water partition coefficient (Wildman–Crippen LogP) is 2.96. The van der Waals surface area contributed by atoms with Crippen molar-refractivity contribution in [3.63, 3.8) is 0 Å². The first-order valence-electron chi connectivity index (χ1n) is 9.11. The quantitative estimate of drug-likeness (QED) is 0.393. The van der Waals surface area contributed by atoms with Gasteiger partial charge in [0.25, 0.3) is 5.91 Å². The molecule has 0 spiro atoms. The van der Waals surface area contributed by atoms with Crippen LogP contribution < -0.4 is 19.5 Å². The van der Waals surface area contributed by atoms with Crippen LogP contribution in [0, 0.1) is 0 Å². The van der Waals surface area contributed by atoms with Crippen LogP contribution in [0.4, 0.5) is 5.69 Å². The fourth-order valence-corrected chi connectivity index (χ4v) is 2.66. The number of hydrogen-bond acceptors (Lipinski definition) is 7. The van der Waals surface area contributed by atoms with E-state index in [2.05, 4.69) is 5.32 Å². The number of Topliss-reactive ketones (excluding diaryl/α,β-unsaturated/α-hetero) is 1. The third-order valence-electron chi connectivity index (χ3n) is 4.07. The van der Waals surface area contributed by atoms with E-state index < -0.39 is 18.5 Å². The molecule has 0 radical (unpaired) electrons. The molecule has 0 saturated heterocycles. The third-order valence-corrected chi connectivity index (χ3v) is 4.07. The highest BCUT2D eigenvalue weighted by atomic mass is 16.7. The number of rotatable bonds is 9. The zero-order chi connectivity index (χ0) is 20.6. The van der Waals surface area contributed by atoms with Gasteiger partial charge in [0.2, 0.25) is 6.79 Å². The van der Waals surface area contributed by atoms with Crippen molar-refractivity contribution >= 4 is 23.3 Å². The van der Waals surface area contributed by atoms with Gasteiger partial charge in [-0.25, -0.2) is 0 Å². The first kappa shape index (κ1) is 20.2. The molecule has 1 N–H and O–H groups in total. The van der Waals surface area contributed by atoms with Gasteiger partial charge in [0.05, 0.1) is 12.3 Å². The van der Waals surface area contributed by atoms with Gasteiger partial charge in [0.15, 0.2) is 23.9 Å². The van der Waals surface area contributed by atoms with Crippen LogP contribution in [0.25, 0.3) is 0 Å². The number of anilines is 1. The third kappa shape index (κ3) is 5.71. The topological polar surface area (TPSA) is 100 Å². The average Bonchev–Trinajstić information content (AvgIpc) is 3.17. The Morgan fingerprint density at radius 1 is 1.07 bits per heavy atom. The largest absolute Gasteiger partial charge is 0.494 e. The standard InChI is InChI=1S/C21H21NO7/c1-14(23)16-10-18-19(29-13-28-18)11-17(16)22-20(24)12-27-21(25)8-5-9-26-15-6-3-2-4-7-15/h2-4,6-7,10-11H,5,8-9,12-13H2,1H3,(H,22,24). The summed E-state index contributed by atoms with van der Waals surface area (Å²) in [4.78, 5) is 35.7.